The minimum atomic E-state index is 0.0285. The van der Waals surface area contributed by atoms with Gasteiger partial charge in [-0.05, 0) is 54.7 Å². The van der Waals surface area contributed by atoms with Crippen LogP contribution in [0.2, 0.25) is 5.02 Å². The van der Waals surface area contributed by atoms with Gasteiger partial charge in [0.25, 0.3) is 5.91 Å². The van der Waals surface area contributed by atoms with E-state index in [2.05, 4.69) is 15.0 Å². The number of carbonyl (C=O) groups is 1. The molecule has 10 heteroatoms. The van der Waals surface area contributed by atoms with E-state index in [1.54, 1.807) is 56.7 Å². The van der Waals surface area contributed by atoms with Crippen molar-refractivity contribution < 1.29 is 14.3 Å². The molecular weight excluding hydrogens is 450 g/mol. The number of nitrogens with one attached hydrogen (secondary N) is 1. The lowest BCUT2D eigenvalue weighted by molar-refractivity contribution is 0.0585. The standard InChI is InChI=1S/C22H24ClN5O3S/c1-30-17-6-3-15(4-7-17)21(29)27-11-9-26(10-12-27)14-28-22(32)24-20(25-28)18-13-16(23)5-8-19(18)31-2/h3-8,13H,9-12,14H2,1-2H3,(H,24,25,32). The minimum Gasteiger partial charge on any atom is -0.497 e. The van der Waals surface area contributed by atoms with Crippen LogP contribution >= 0.6 is 23.8 Å². The zero-order valence-electron chi connectivity index (χ0n) is 17.9. The average molecular weight is 474 g/mol. The van der Waals surface area contributed by atoms with E-state index in [1.165, 1.54) is 0 Å². The molecule has 0 atom stereocenters. The zero-order chi connectivity index (χ0) is 22.7. The third-order valence-corrected chi connectivity index (χ3v) is 5.98. The number of carbonyl (C=O) groups excluding carboxylic acids is 1. The highest BCUT2D eigenvalue weighted by Gasteiger charge is 2.23. The number of H-pyrrole nitrogens is 1. The van der Waals surface area contributed by atoms with Gasteiger partial charge in [0.1, 0.15) is 11.5 Å². The first-order valence-corrected chi connectivity index (χ1v) is 10.9. The quantitative estimate of drug-likeness (QED) is 0.550. The molecule has 1 N–H and O–H groups in total. The van der Waals surface area contributed by atoms with Crippen molar-refractivity contribution in [2.45, 2.75) is 6.67 Å². The molecule has 1 amide bonds. The minimum absolute atomic E-state index is 0.0285. The van der Waals surface area contributed by atoms with Crippen molar-refractivity contribution in [1.29, 1.82) is 0 Å². The fourth-order valence-corrected chi connectivity index (χ4v) is 4.01. The maximum atomic E-state index is 12.8. The van der Waals surface area contributed by atoms with Gasteiger partial charge in [0, 0.05) is 36.8 Å². The van der Waals surface area contributed by atoms with E-state index < -0.39 is 0 Å². The van der Waals surface area contributed by atoms with Gasteiger partial charge < -0.3 is 14.4 Å². The second-order valence-electron chi connectivity index (χ2n) is 7.41. The van der Waals surface area contributed by atoms with Crippen LogP contribution in [-0.4, -0.2) is 70.9 Å². The molecule has 1 aliphatic rings. The molecule has 1 aromatic heterocycles. The van der Waals surface area contributed by atoms with Crippen molar-refractivity contribution in [3.05, 3.63) is 57.8 Å². The van der Waals surface area contributed by atoms with E-state index in [4.69, 9.17) is 33.3 Å². The number of nitrogens with zero attached hydrogens (tertiary/aromatic N) is 4. The van der Waals surface area contributed by atoms with Crippen LogP contribution in [0.25, 0.3) is 11.4 Å². The number of piperazine rings is 1. The number of amides is 1. The van der Waals surface area contributed by atoms with Gasteiger partial charge >= 0.3 is 0 Å². The van der Waals surface area contributed by atoms with Crippen LogP contribution in [-0.2, 0) is 6.67 Å². The van der Waals surface area contributed by atoms with Crippen LogP contribution in [0, 0.1) is 4.77 Å². The summed E-state index contributed by atoms with van der Waals surface area (Å²) in [5.41, 5.74) is 1.41. The molecule has 4 rings (SSSR count). The van der Waals surface area contributed by atoms with Crippen molar-refractivity contribution in [2.24, 2.45) is 0 Å². The lowest BCUT2D eigenvalue weighted by atomic mass is 10.1. The number of benzene rings is 2. The maximum Gasteiger partial charge on any atom is 0.253 e. The van der Waals surface area contributed by atoms with Gasteiger partial charge in [-0.2, -0.15) is 4.98 Å². The highest BCUT2D eigenvalue weighted by molar-refractivity contribution is 7.71. The number of aromatic amines is 1. The molecule has 0 unspecified atom stereocenters. The topological polar surface area (TPSA) is 75.6 Å². The monoisotopic (exact) mass is 473 g/mol. The van der Waals surface area contributed by atoms with Crippen molar-refractivity contribution in [3.8, 4) is 22.9 Å². The number of ether oxygens (including phenoxy) is 2. The Balaban J connectivity index is 1.40. The first-order chi connectivity index (χ1) is 15.5. The Kier molecular flexibility index (Phi) is 6.78. The summed E-state index contributed by atoms with van der Waals surface area (Å²) in [6.07, 6.45) is 0. The van der Waals surface area contributed by atoms with Crippen molar-refractivity contribution in [1.82, 2.24) is 24.6 Å². The molecular formula is C22H24ClN5O3S. The van der Waals surface area contributed by atoms with E-state index in [1.807, 2.05) is 9.58 Å². The van der Waals surface area contributed by atoms with Crippen LogP contribution in [0.3, 0.4) is 0 Å². The van der Waals surface area contributed by atoms with Crippen LogP contribution in [0.5, 0.6) is 11.5 Å². The molecule has 168 valence electrons. The van der Waals surface area contributed by atoms with Gasteiger partial charge in [0.15, 0.2) is 5.82 Å². The third kappa shape index (κ3) is 4.79. The van der Waals surface area contributed by atoms with Gasteiger partial charge in [-0.3, -0.25) is 14.8 Å². The zero-order valence-corrected chi connectivity index (χ0v) is 19.4. The Morgan fingerprint density at radius 2 is 1.81 bits per heavy atom. The SMILES string of the molecule is COc1ccc(C(=O)N2CCN(Cn3[nH]c(-c4cc(Cl)ccc4OC)nc3=S)CC2)cc1. The van der Waals surface area contributed by atoms with Gasteiger partial charge in [-0.25, -0.2) is 4.68 Å². The van der Waals surface area contributed by atoms with Crippen LogP contribution < -0.4 is 9.47 Å². The summed E-state index contributed by atoms with van der Waals surface area (Å²) in [4.78, 5) is 21.3. The predicted octanol–water partition coefficient (Wildman–Crippen LogP) is 3.69. The molecule has 1 saturated heterocycles. The molecule has 32 heavy (non-hydrogen) atoms. The largest absolute Gasteiger partial charge is 0.497 e. The molecule has 0 saturated carbocycles. The second-order valence-corrected chi connectivity index (χ2v) is 8.21. The Labute approximate surface area is 196 Å². The summed E-state index contributed by atoms with van der Waals surface area (Å²) in [5.74, 6) is 2.02. The molecule has 0 spiro atoms. The van der Waals surface area contributed by atoms with E-state index in [0.717, 1.165) is 24.4 Å². The molecule has 2 aromatic carbocycles. The Hall–Kier alpha value is -2.88. The number of hydrogen-bond acceptors (Lipinski definition) is 6. The van der Waals surface area contributed by atoms with E-state index in [0.29, 0.717) is 46.7 Å². The van der Waals surface area contributed by atoms with Gasteiger partial charge in [-0.15, -0.1) is 0 Å². The Morgan fingerprint density at radius 1 is 1.09 bits per heavy atom. The summed E-state index contributed by atoms with van der Waals surface area (Å²) in [7, 11) is 3.21. The smallest absolute Gasteiger partial charge is 0.253 e. The predicted molar refractivity (Wildman–Crippen MR) is 125 cm³/mol. The number of rotatable bonds is 6. The highest BCUT2D eigenvalue weighted by atomic mass is 35.5. The van der Waals surface area contributed by atoms with Crippen molar-refractivity contribution in [3.63, 3.8) is 0 Å². The molecule has 1 fully saturated rings. The fourth-order valence-electron chi connectivity index (χ4n) is 3.65. The van der Waals surface area contributed by atoms with E-state index in [9.17, 15) is 4.79 Å². The van der Waals surface area contributed by atoms with Crippen LogP contribution in [0.4, 0.5) is 0 Å². The van der Waals surface area contributed by atoms with E-state index in [-0.39, 0.29) is 5.91 Å². The number of halogens is 1. The molecule has 3 aromatic rings. The molecule has 0 bridgehead atoms. The summed E-state index contributed by atoms with van der Waals surface area (Å²) in [6, 6.07) is 12.6. The Morgan fingerprint density at radius 3 is 2.47 bits per heavy atom. The summed E-state index contributed by atoms with van der Waals surface area (Å²) in [6.45, 7) is 3.30. The van der Waals surface area contributed by atoms with Crippen molar-refractivity contribution in [2.75, 3.05) is 40.4 Å². The van der Waals surface area contributed by atoms with Gasteiger partial charge in [-0.1, -0.05) is 11.6 Å². The summed E-state index contributed by atoms with van der Waals surface area (Å²) >= 11 is 11.6. The lowest BCUT2D eigenvalue weighted by Crippen LogP contribution is -2.49. The lowest BCUT2D eigenvalue weighted by Gasteiger charge is -2.34. The second kappa shape index (κ2) is 9.72. The van der Waals surface area contributed by atoms with Crippen molar-refractivity contribution >= 4 is 29.7 Å². The first-order valence-electron chi connectivity index (χ1n) is 10.1. The Bertz CT molecular complexity index is 1150. The number of hydrogen-bond donors (Lipinski definition) is 1. The molecule has 0 radical (unpaired) electrons. The molecule has 0 aliphatic carbocycles. The van der Waals surface area contributed by atoms with Gasteiger partial charge in [0.2, 0.25) is 4.77 Å². The molecule has 2 heterocycles. The fraction of sp³-hybridized carbons (Fsp3) is 0.318. The van der Waals surface area contributed by atoms with Crippen LogP contribution in [0.15, 0.2) is 42.5 Å². The van der Waals surface area contributed by atoms with E-state index >= 15 is 0 Å². The molecule has 8 nitrogen and oxygen atoms in total. The third-order valence-electron chi connectivity index (χ3n) is 5.43. The first kappa shape index (κ1) is 22.3. The molecule has 1 aliphatic heterocycles. The van der Waals surface area contributed by atoms with Crippen LogP contribution in [0.1, 0.15) is 10.4 Å². The normalized spacial score (nSPS) is 14.4. The summed E-state index contributed by atoms with van der Waals surface area (Å²) < 4.78 is 12.8. The number of methoxy groups -OCH3 is 2. The highest BCUT2D eigenvalue weighted by Crippen LogP contribution is 2.30. The van der Waals surface area contributed by atoms with Gasteiger partial charge in [0.05, 0.1) is 26.5 Å². The number of aromatic nitrogens is 3. The summed E-state index contributed by atoms with van der Waals surface area (Å²) in [5, 5.41) is 3.84. The average Bonchev–Trinajstić information content (AvgIpc) is 3.19. The maximum absolute atomic E-state index is 12.8.